The molecular weight excluding hydrogens is 318 g/mol. The molecule has 0 radical (unpaired) electrons. The van der Waals surface area contributed by atoms with Crippen molar-refractivity contribution >= 4 is 23.4 Å². The van der Waals surface area contributed by atoms with E-state index >= 15 is 0 Å². The lowest BCUT2D eigenvalue weighted by molar-refractivity contribution is -0.141. The van der Waals surface area contributed by atoms with Crippen LogP contribution in [0.15, 0.2) is 36.4 Å². The van der Waals surface area contributed by atoms with Crippen molar-refractivity contribution < 1.29 is 19.4 Å². The number of fused-ring (bicyclic) bond motifs is 1. The molecule has 0 aromatic heterocycles. The number of allylic oxidation sites excluding steroid dienone is 2. The Labute approximate surface area is 139 Å². The lowest BCUT2D eigenvalue weighted by Gasteiger charge is -2.19. The van der Waals surface area contributed by atoms with Gasteiger partial charge in [-0.1, -0.05) is 23.8 Å². The van der Waals surface area contributed by atoms with E-state index < -0.39 is 6.10 Å². The van der Waals surface area contributed by atoms with Gasteiger partial charge in [-0.3, -0.25) is 14.5 Å². The molecule has 3 rings (SSSR count). The molecule has 2 aliphatic rings. The Balaban J connectivity index is 1.55. The van der Waals surface area contributed by atoms with E-state index in [0.29, 0.717) is 23.6 Å². The van der Waals surface area contributed by atoms with E-state index in [1.165, 1.54) is 4.90 Å². The first-order valence-corrected chi connectivity index (χ1v) is 8.00. The van der Waals surface area contributed by atoms with Gasteiger partial charge in [-0.25, -0.2) is 0 Å². The molecule has 0 saturated carbocycles. The number of imide groups is 1. The van der Waals surface area contributed by atoms with Crippen LogP contribution in [0.4, 0.5) is 0 Å². The van der Waals surface area contributed by atoms with Crippen molar-refractivity contribution in [2.24, 2.45) is 11.8 Å². The van der Waals surface area contributed by atoms with Crippen LogP contribution in [-0.2, 0) is 9.59 Å². The van der Waals surface area contributed by atoms with E-state index in [9.17, 15) is 14.7 Å². The molecule has 0 spiro atoms. The molecule has 0 bridgehead atoms. The van der Waals surface area contributed by atoms with E-state index in [2.05, 4.69) is 0 Å². The van der Waals surface area contributed by atoms with E-state index in [1.807, 2.05) is 12.2 Å². The number of hydrogen-bond donors (Lipinski definition) is 1. The second-order valence-electron chi connectivity index (χ2n) is 5.86. The van der Waals surface area contributed by atoms with Crippen molar-refractivity contribution in [1.29, 1.82) is 0 Å². The normalized spacial score (nSPS) is 24.7. The van der Waals surface area contributed by atoms with Crippen molar-refractivity contribution in [2.45, 2.75) is 18.9 Å². The molecule has 23 heavy (non-hydrogen) atoms. The topological polar surface area (TPSA) is 66.8 Å². The summed E-state index contributed by atoms with van der Waals surface area (Å²) in [5.41, 5.74) is 0. The molecule has 5 nitrogen and oxygen atoms in total. The zero-order valence-electron chi connectivity index (χ0n) is 12.5. The summed E-state index contributed by atoms with van der Waals surface area (Å²) in [6.45, 7) is -0.0233. The average Bonchev–Trinajstić information content (AvgIpc) is 2.80. The first-order valence-electron chi connectivity index (χ1n) is 7.63. The zero-order valence-corrected chi connectivity index (χ0v) is 13.3. The van der Waals surface area contributed by atoms with Crippen molar-refractivity contribution in [2.75, 3.05) is 13.2 Å². The lowest BCUT2D eigenvalue weighted by atomic mass is 9.85. The van der Waals surface area contributed by atoms with Gasteiger partial charge in [0.15, 0.2) is 0 Å². The summed E-state index contributed by atoms with van der Waals surface area (Å²) in [6.07, 6.45) is 4.16. The number of carbonyl (C=O) groups is 2. The monoisotopic (exact) mass is 335 g/mol. The Morgan fingerprint density at radius 3 is 2.26 bits per heavy atom. The Morgan fingerprint density at radius 1 is 1.13 bits per heavy atom. The highest BCUT2D eigenvalue weighted by molar-refractivity contribution is 6.30. The van der Waals surface area contributed by atoms with Crippen molar-refractivity contribution in [3.63, 3.8) is 0 Å². The number of amides is 2. The predicted octanol–water partition coefficient (Wildman–Crippen LogP) is 2.03. The molecule has 6 heteroatoms. The van der Waals surface area contributed by atoms with Gasteiger partial charge in [0.1, 0.15) is 18.5 Å². The highest BCUT2D eigenvalue weighted by Gasteiger charge is 2.47. The molecule has 1 aliphatic carbocycles. The third kappa shape index (κ3) is 3.41. The summed E-state index contributed by atoms with van der Waals surface area (Å²) >= 11 is 5.79. The number of benzene rings is 1. The summed E-state index contributed by atoms with van der Waals surface area (Å²) < 4.78 is 5.45. The first kappa shape index (κ1) is 16.0. The molecular formula is C17H18ClNO4. The van der Waals surface area contributed by atoms with Crippen molar-refractivity contribution in [3.8, 4) is 5.75 Å². The molecule has 1 aromatic rings. The summed E-state index contributed by atoms with van der Waals surface area (Å²) in [4.78, 5) is 25.8. The molecule has 1 saturated heterocycles. The van der Waals surface area contributed by atoms with Gasteiger partial charge >= 0.3 is 0 Å². The quantitative estimate of drug-likeness (QED) is 0.660. The van der Waals surface area contributed by atoms with Crippen LogP contribution in [0.3, 0.4) is 0 Å². The largest absolute Gasteiger partial charge is 0.491 e. The minimum absolute atomic E-state index is 0.00623. The van der Waals surface area contributed by atoms with Crippen LogP contribution in [0.5, 0.6) is 5.75 Å². The number of halogens is 1. The molecule has 2 amide bonds. The van der Waals surface area contributed by atoms with E-state index in [0.717, 1.165) is 0 Å². The Bertz CT molecular complexity index is 602. The van der Waals surface area contributed by atoms with Crippen molar-refractivity contribution in [1.82, 2.24) is 4.90 Å². The zero-order chi connectivity index (χ0) is 16.4. The van der Waals surface area contributed by atoms with Gasteiger partial charge in [0.25, 0.3) is 0 Å². The molecule has 1 heterocycles. The maximum atomic E-state index is 12.3. The van der Waals surface area contributed by atoms with Crippen LogP contribution in [-0.4, -0.2) is 41.1 Å². The number of carbonyl (C=O) groups excluding carboxylic acids is 2. The second kappa shape index (κ2) is 6.72. The van der Waals surface area contributed by atoms with Crippen LogP contribution in [0.25, 0.3) is 0 Å². The van der Waals surface area contributed by atoms with Gasteiger partial charge in [0.05, 0.1) is 18.4 Å². The molecule has 3 atom stereocenters. The maximum absolute atomic E-state index is 12.3. The smallest absolute Gasteiger partial charge is 0.233 e. The van der Waals surface area contributed by atoms with Gasteiger partial charge in [0.2, 0.25) is 11.8 Å². The van der Waals surface area contributed by atoms with Gasteiger partial charge in [-0.15, -0.1) is 0 Å². The highest BCUT2D eigenvalue weighted by Crippen LogP contribution is 2.35. The number of likely N-dealkylation sites (tertiary alicyclic amines) is 1. The third-order valence-corrected chi connectivity index (χ3v) is 4.50. The predicted molar refractivity (Wildman–Crippen MR) is 85.0 cm³/mol. The van der Waals surface area contributed by atoms with E-state index in [4.69, 9.17) is 16.3 Å². The number of ether oxygens (including phenoxy) is 1. The summed E-state index contributed by atoms with van der Waals surface area (Å²) in [6, 6.07) is 6.77. The minimum atomic E-state index is -0.924. The van der Waals surface area contributed by atoms with Crippen LogP contribution in [0.2, 0.25) is 5.02 Å². The molecule has 1 aliphatic heterocycles. The Kier molecular flexibility index (Phi) is 4.68. The molecule has 1 N–H and O–H groups in total. The fourth-order valence-electron chi connectivity index (χ4n) is 3.04. The molecule has 122 valence electrons. The molecule has 1 aromatic carbocycles. The number of nitrogens with zero attached hydrogens (tertiary/aromatic N) is 1. The van der Waals surface area contributed by atoms with Gasteiger partial charge < -0.3 is 9.84 Å². The van der Waals surface area contributed by atoms with Gasteiger partial charge in [-0.05, 0) is 37.1 Å². The molecule has 1 fully saturated rings. The minimum Gasteiger partial charge on any atom is -0.491 e. The van der Waals surface area contributed by atoms with Crippen LogP contribution < -0.4 is 4.74 Å². The summed E-state index contributed by atoms with van der Waals surface area (Å²) in [5.74, 6) is -0.330. The number of rotatable bonds is 5. The second-order valence-corrected chi connectivity index (χ2v) is 6.30. The van der Waals surface area contributed by atoms with E-state index in [-0.39, 0.29) is 36.8 Å². The van der Waals surface area contributed by atoms with Crippen LogP contribution >= 0.6 is 11.6 Å². The number of hydrogen-bond acceptors (Lipinski definition) is 4. The maximum Gasteiger partial charge on any atom is 0.233 e. The van der Waals surface area contributed by atoms with Crippen LogP contribution in [0.1, 0.15) is 12.8 Å². The fraction of sp³-hybridized carbons (Fsp3) is 0.412. The van der Waals surface area contributed by atoms with Crippen LogP contribution in [0, 0.1) is 11.8 Å². The van der Waals surface area contributed by atoms with Gasteiger partial charge in [0, 0.05) is 5.02 Å². The summed E-state index contributed by atoms with van der Waals surface area (Å²) in [7, 11) is 0. The SMILES string of the molecule is O=C1[C@H]2CC=CC[C@H]2C(=O)N1C[C@H](O)COc1ccc(Cl)cc1. The standard InChI is InChI=1S/C17H18ClNO4/c18-11-5-7-13(8-6-11)23-10-12(20)9-19-16(21)14-3-1-2-4-15(14)17(19)22/h1-2,5-8,12,14-15,20H,3-4,9-10H2/t12-,14-,15+/m0/s1. The highest BCUT2D eigenvalue weighted by atomic mass is 35.5. The average molecular weight is 336 g/mol. The van der Waals surface area contributed by atoms with Crippen molar-refractivity contribution in [3.05, 3.63) is 41.4 Å². The Hall–Kier alpha value is -1.85. The number of aliphatic hydroxyl groups is 1. The van der Waals surface area contributed by atoms with Gasteiger partial charge in [-0.2, -0.15) is 0 Å². The third-order valence-electron chi connectivity index (χ3n) is 4.25. The Morgan fingerprint density at radius 2 is 1.70 bits per heavy atom. The van der Waals surface area contributed by atoms with E-state index in [1.54, 1.807) is 24.3 Å². The fourth-order valence-corrected chi connectivity index (χ4v) is 3.16. The number of β-amino-alcohol motifs (C(OH)–C–C–N with tert-alkyl or cyclic N) is 1. The first-order chi connectivity index (χ1) is 11.1. The molecule has 0 unspecified atom stereocenters. The summed E-state index contributed by atoms with van der Waals surface area (Å²) in [5, 5.41) is 10.7. The lowest BCUT2D eigenvalue weighted by Crippen LogP contribution is -2.40. The number of aliphatic hydroxyl groups excluding tert-OH is 1.